The first kappa shape index (κ1) is 16.3. The first-order valence-corrected chi connectivity index (χ1v) is 8.16. The normalized spacial score (nSPS) is 20.3. The number of allylic oxidation sites excluding steroid dienone is 1. The average Bonchev–Trinajstić information content (AvgIpc) is 3.16. The van der Waals surface area contributed by atoms with Crippen LogP contribution in [0.2, 0.25) is 0 Å². The first-order valence-electron chi connectivity index (χ1n) is 8.16. The van der Waals surface area contributed by atoms with E-state index in [9.17, 15) is 14.7 Å². The van der Waals surface area contributed by atoms with E-state index in [0.29, 0.717) is 16.8 Å². The molecular weight excluding hydrogens is 306 g/mol. The van der Waals surface area contributed by atoms with Crippen molar-refractivity contribution in [2.24, 2.45) is 0 Å². The largest absolute Gasteiger partial charge is 0.508 e. The number of carbonyl (C=O) groups is 2. The molecule has 0 atom stereocenters. The van der Waals surface area contributed by atoms with Gasteiger partial charge in [0.25, 0.3) is 5.91 Å². The lowest BCUT2D eigenvalue weighted by Gasteiger charge is -2.25. The van der Waals surface area contributed by atoms with Gasteiger partial charge in [-0.3, -0.25) is 4.79 Å². The van der Waals surface area contributed by atoms with Crippen LogP contribution in [0.25, 0.3) is 6.08 Å². The van der Waals surface area contributed by atoms with E-state index in [1.807, 2.05) is 0 Å². The van der Waals surface area contributed by atoms with Gasteiger partial charge < -0.3 is 14.7 Å². The molecule has 5 heteroatoms. The zero-order valence-corrected chi connectivity index (χ0v) is 13.9. The van der Waals surface area contributed by atoms with E-state index in [0.717, 1.165) is 31.2 Å². The van der Waals surface area contributed by atoms with Gasteiger partial charge in [0.1, 0.15) is 5.75 Å². The summed E-state index contributed by atoms with van der Waals surface area (Å²) in [5.74, 6) is -0.485. The molecule has 1 aromatic carbocycles. The Labute approximate surface area is 141 Å². The van der Waals surface area contributed by atoms with Crippen LogP contribution in [-0.4, -0.2) is 35.0 Å². The molecule has 0 spiro atoms. The number of carbonyl (C=O) groups excluding carboxylic acids is 2. The number of phenols is 1. The summed E-state index contributed by atoms with van der Waals surface area (Å²) < 4.78 is 4.89. The predicted molar refractivity (Wildman–Crippen MR) is 89.9 cm³/mol. The molecule has 5 nitrogen and oxygen atoms in total. The maximum Gasteiger partial charge on any atom is 0.340 e. The zero-order chi connectivity index (χ0) is 17.3. The molecular formula is C19H21NO4. The Kier molecular flexibility index (Phi) is 4.42. The van der Waals surface area contributed by atoms with Gasteiger partial charge in [0, 0.05) is 11.7 Å². The lowest BCUT2D eigenvalue weighted by Crippen LogP contribution is -2.34. The number of benzene rings is 1. The smallest absolute Gasteiger partial charge is 0.340 e. The highest BCUT2D eigenvalue weighted by Gasteiger charge is 2.40. The third-order valence-electron chi connectivity index (χ3n) is 4.73. The zero-order valence-electron chi connectivity index (χ0n) is 13.9. The minimum atomic E-state index is -0.494. The van der Waals surface area contributed by atoms with Crippen LogP contribution >= 0.6 is 0 Å². The van der Waals surface area contributed by atoms with E-state index in [-0.39, 0.29) is 17.7 Å². The predicted octanol–water partition coefficient (Wildman–Crippen LogP) is 3.01. The fraction of sp³-hybridized carbons (Fsp3) is 0.368. The fourth-order valence-corrected chi connectivity index (χ4v) is 3.54. The van der Waals surface area contributed by atoms with Crippen LogP contribution in [0, 0.1) is 0 Å². The van der Waals surface area contributed by atoms with Crippen molar-refractivity contribution in [1.82, 2.24) is 4.90 Å². The lowest BCUT2D eigenvalue weighted by atomic mass is 10.0. The molecule has 1 aliphatic heterocycles. The van der Waals surface area contributed by atoms with E-state index in [4.69, 9.17) is 4.74 Å². The molecule has 1 aliphatic carbocycles. The molecule has 126 valence electrons. The van der Waals surface area contributed by atoms with E-state index in [1.165, 1.54) is 7.11 Å². The molecule has 1 amide bonds. The first-order chi connectivity index (χ1) is 11.5. The lowest BCUT2D eigenvalue weighted by molar-refractivity contribution is -0.136. The van der Waals surface area contributed by atoms with Crippen molar-refractivity contribution in [2.45, 2.75) is 38.6 Å². The minimum absolute atomic E-state index is 0.145. The fourth-order valence-electron chi connectivity index (χ4n) is 3.54. The second-order valence-corrected chi connectivity index (χ2v) is 6.21. The minimum Gasteiger partial charge on any atom is -0.508 e. The summed E-state index contributed by atoms with van der Waals surface area (Å²) in [7, 11) is 1.32. The molecule has 1 fully saturated rings. The highest BCUT2D eigenvalue weighted by Crippen LogP contribution is 2.37. The van der Waals surface area contributed by atoms with Crippen molar-refractivity contribution in [3.05, 3.63) is 46.7 Å². The second kappa shape index (κ2) is 6.51. The van der Waals surface area contributed by atoms with Crippen molar-refractivity contribution in [3.63, 3.8) is 0 Å². The van der Waals surface area contributed by atoms with Gasteiger partial charge in [0.2, 0.25) is 0 Å². The van der Waals surface area contributed by atoms with Crippen LogP contribution in [0.15, 0.2) is 41.1 Å². The van der Waals surface area contributed by atoms with Crippen LogP contribution in [-0.2, 0) is 14.3 Å². The Balaban J connectivity index is 2.04. The number of methoxy groups -OCH3 is 1. The number of rotatable bonds is 3. The molecule has 0 aromatic heterocycles. The number of amides is 1. The van der Waals surface area contributed by atoms with Gasteiger partial charge in [-0.2, -0.15) is 0 Å². The Morgan fingerprint density at radius 2 is 1.88 bits per heavy atom. The molecule has 0 radical (unpaired) electrons. The van der Waals surface area contributed by atoms with Crippen LogP contribution in [0.3, 0.4) is 0 Å². The van der Waals surface area contributed by atoms with Gasteiger partial charge in [0.05, 0.1) is 18.3 Å². The molecule has 1 N–H and O–H groups in total. The molecule has 0 saturated heterocycles. The summed E-state index contributed by atoms with van der Waals surface area (Å²) in [6.07, 6.45) is 5.82. The quantitative estimate of drug-likeness (QED) is 0.684. The SMILES string of the molecule is COC(=O)C1=C(C)N(C2CCCC2)C(=O)/C1=C\c1ccc(O)cc1. The van der Waals surface area contributed by atoms with Gasteiger partial charge >= 0.3 is 5.97 Å². The number of phenolic OH excluding ortho intramolecular Hbond substituents is 1. The van der Waals surface area contributed by atoms with E-state index in [2.05, 4.69) is 0 Å². The number of aromatic hydroxyl groups is 1. The standard InChI is InChI=1S/C19H21NO4/c1-12-17(19(23)24-2)16(11-13-7-9-15(21)10-8-13)18(22)20(12)14-5-3-4-6-14/h7-11,14,21H,3-6H2,1-2H3/b16-11-. The summed E-state index contributed by atoms with van der Waals surface area (Å²) in [5.41, 5.74) is 2.11. The Morgan fingerprint density at radius 1 is 1.25 bits per heavy atom. The summed E-state index contributed by atoms with van der Waals surface area (Å²) in [5, 5.41) is 9.40. The molecule has 24 heavy (non-hydrogen) atoms. The highest BCUT2D eigenvalue weighted by molar-refractivity contribution is 6.16. The average molecular weight is 327 g/mol. The maximum absolute atomic E-state index is 13.0. The van der Waals surface area contributed by atoms with Crippen molar-refractivity contribution < 1.29 is 19.4 Å². The Hall–Kier alpha value is -2.56. The molecule has 3 rings (SSSR count). The van der Waals surface area contributed by atoms with Crippen LogP contribution in [0.1, 0.15) is 38.2 Å². The third-order valence-corrected chi connectivity index (χ3v) is 4.73. The topological polar surface area (TPSA) is 66.8 Å². The van der Waals surface area contributed by atoms with E-state index >= 15 is 0 Å². The van der Waals surface area contributed by atoms with Crippen LogP contribution in [0.5, 0.6) is 5.75 Å². The highest BCUT2D eigenvalue weighted by atomic mass is 16.5. The van der Waals surface area contributed by atoms with Crippen molar-refractivity contribution in [1.29, 1.82) is 0 Å². The Morgan fingerprint density at radius 3 is 2.46 bits per heavy atom. The summed E-state index contributed by atoms with van der Waals surface area (Å²) >= 11 is 0. The number of esters is 1. The van der Waals surface area contributed by atoms with E-state index < -0.39 is 5.97 Å². The summed E-state index contributed by atoms with van der Waals surface area (Å²) in [6.45, 7) is 1.81. The molecule has 1 aromatic rings. The summed E-state index contributed by atoms with van der Waals surface area (Å²) in [6, 6.07) is 6.67. The number of hydrogen-bond donors (Lipinski definition) is 1. The molecule has 0 bridgehead atoms. The van der Waals surface area contributed by atoms with Gasteiger partial charge in [-0.25, -0.2) is 4.79 Å². The van der Waals surface area contributed by atoms with Gasteiger partial charge in [-0.1, -0.05) is 25.0 Å². The third kappa shape index (κ3) is 2.82. The van der Waals surface area contributed by atoms with Gasteiger partial charge in [-0.15, -0.1) is 0 Å². The van der Waals surface area contributed by atoms with Gasteiger partial charge in [-0.05, 0) is 43.5 Å². The van der Waals surface area contributed by atoms with Crippen molar-refractivity contribution in [3.8, 4) is 5.75 Å². The molecule has 1 heterocycles. The van der Waals surface area contributed by atoms with E-state index in [1.54, 1.807) is 42.2 Å². The number of hydrogen-bond acceptors (Lipinski definition) is 4. The van der Waals surface area contributed by atoms with Gasteiger partial charge in [0.15, 0.2) is 0 Å². The molecule has 1 saturated carbocycles. The van der Waals surface area contributed by atoms with Crippen LogP contribution in [0.4, 0.5) is 0 Å². The second-order valence-electron chi connectivity index (χ2n) is 6.21. The molecule has 0 unspecified atom stereocenters. The Bertz CT molecular complexity index is 724. The molecule has 2 aliphatic rings. The number of ether oxygens (including phenoxy) is 1. The van der Waals surface area contributed by atoms with Crippen molar-refractivity contribution >= 4 is 18.0 Å². The maximum atomic E-state index is 13.0. The monoisotopic (exact) mass is 327 g/mol. The number of nitrogens with zero attached hydrogens (tertiary/aromatic N) is 1. The summed E-state index contributed by atoms with van der Waals surface area (Å²) in [4.78, 5) is 27.0. The van der Waals surface area contributed by atoms with Crippen LogP contribution < -0.4 is 0 Å². The van der Waals surface area contributed by atoms with Crippen molar-refractivity contribution in [2.75, 3.05) is 7.11 Å².